The number of ketones is 1. The van der Waals surface area contributed by atoms with Crippen LogP contribution in [0.5, 0.6) is 5.75 Å². The number of fused-ring (bicyclic) bond motifs is 3. The van der Waals surface area contributed by atoms with Crippen LogP contribution in [-0.4, -0.2) is 66.7 Å². The number of amides is 2. The van der Waals surface area contributed by atoms with Gasteiger partial charge in [0.25, 0.3) is 0 Å². The summed E-state index contributed by atoms with van der Waals surface area (Å²) in [6.45, 7) is 2.12. The van der Waals surface area contributed by atoms with Gasteiger partial charge in [0.1, 0.15) is 11.3 Å². The summed E-state index contributed by atoms with van der Waals surface area (Å²) in [5.41, 5.74) is 1.14. The van der Waals surface area contributed by atoms with Crippen molar-refractivity contribution < 1.29 is 28.7 Å². The Morgan fingerprint density at radius 3 is 2.54 bits per heavy atom. The Balaban J connectivity index is 1.64. The van der Waals surface area contributed by atoms with Crippen molar-refractivity contribution in [3.8, 4) is 16.2 Å². The van der Waals surface area contributed by atoms with Crippen LogP contribution < -0.4 is 4.74 Å². The first-order valence-electron chi connectivity index (χ1n) is 11.7. The van der Waals surface area contributed by atoms with Crippen molar-refractivity contribution in [3.05, 3.63) is 40.8 Å². The normalized spacial score (nSPS) is 28.1. The Bertz CT molecular complexity index is 1240. The van der Waals surface area contributed by atoms with E-state index in [2.05, 4.69) is 0 Å². The number of methoxy groups -OCH3 is 2. The smallest absolute Gasteiger partial charge is 0.327 e. The van der Waals surface area contributed by atoms with Crippen LogP contribution in [0.2, 0.25) is 0 Å². The maximum atomic E-state index is 13.4. The van der Waals surface area contributed by atoms with Gasteiger partial charge in [-0.25, -0.2) is 0 Å². The van der Waals surface area contributed by atoms with Crippen molar-refractivity contribution in [2.45, 2.75) is 37.8 Å². The number of Topliss-reactive ketones (excluding diaryl/α,β-unsaturated/α-hetero) is 1. The number of thiophene rings is 1. The second-order valence-electron chi connectivity index (χ2n) is 9.47. The van der Waals surface area contributed by atoms with Gasteiger partial charge < -0.3 is 9.47 Å². The predicted molar refractivity (Wildman–Crippen MR) is 129 cm³/mol. The van der Waals surface area contributed by atoms with Crippen LogP contribution in [0, 0.1) is 11.8 Å². The Labute approximate surface area is 207 Å². The molecule has 0 aliphatic carbocycles. The molecule has 2 amide bonds. The standard InChI is InChI=1S/C26H28N2O6S/c1-14(29)16-12-19(35-13-16)17-8-7-15(11-18(17)33-3)22-20-21(24(31)27(2)23(20)30)26(25(32)34-4)9-5-6-10-28(22)26/h7-8,11-13,20-22H,5-6,9-10H2,1-4H3/t20-,21-,22+,26-/m0/s1. The second-order valence-corrected chi connectivity index (χ2v) is 10.4. The minimum Gasteiger partial charge on any atom is -0.496 e. The lowest BCUT2D eigenvalue weighted by Gasteiger charge is -2.44. The van der Waals surface area contributed by atoms with E-state index in [0.717, 1.165) is 28.8 Å². The molecule has 0 radical (unpaired) electrons. The van der Waals surface area contributed by atoms with Gasteiger partial charge in [-0.1, -0.05) is 6.07 Å². The lowest BCUT2D eigenvalue weighted by atomic mass is 9.75. The summed E-state index contributed by atoms with van der Waals surface area (Å²) in [5, 5.41) is 1.82. The zero-order valence-electron chi connectivity index (χ0n) is 20.2. The third-order valence-corrected chi connectivity index (χ3v) is 8.82. The Hall–Kier alpha value is -3.04. The minimum atomic E-state index is -1.16. The highest BCUT2D eigenvalue weighted by molar-refractivity contribution is 7.13. The molecule has 2 aromatic rings. The first kappa shape index (κ1) is 23.7. The predicted octanol–water partition coefficient (Wildman–Crippen LogP) is 3.31. The molecule has 1 aromatic heterocycles. The van der Waals surface area contributed by atoms with Gasteiger partial charge in [0.05, 0.1) is 26.1 Å². The molecule has 3 saturated heterocycles. The van der Waals surface area contributed by atoms with Crippen molar-refractivity contribution in [1.29, 1.82) is 0 Å². The average Bonchev–Trinajstić information content (AvgIpc) is 3.53. The van der Waals surface area contributed by atoms with Crippen molar-refractivity contribution in [2.24, 2.45) is 11.8 Å². The van der Waals surface area contributed by atoms with E-state index in [9.17, 15) is 19.2 Å². The fourth-order valence-corrected chi connectivity index (χ4v) is 7.24. The van der Waals surface area contributed by atoms with Crippen LogP contribution in [0.4, 0.5) is 0 Å². The van der Waals surface area contributed by atoms with Crippen molar-refractivity contribution in [3.63, 3.8) is 0 Å². The molecule has 5 rings (SSSR count). The van der Waals surface area contributed by atoms with Crippen LogP contribution in [0.1, 0.15) is 48.1 Å². The number of carbonyl (C=O) groups is 4. The summed E-state index contributed by atoms with van der Waals surface area (Å²) in [5.74, 6) is -1.89. The molecule has 35 heavy (non-hydrogen) atoms. The monoisotopic (exact) mass is 496 g/mol. The summed E-state index contributed by atoms with van der Waals surface area (Å²) in [4.78, 5) is 55.8. The van der Waals surface area contributed by atoms with Gasteiger partial charge in [0.15, 0.2) is 5.78 Å². The first-order valence-corrected chi connectivity index (χ1v) is 12.6. The molecule has 3 fully saturated rings. The molecule has 0 unspecified atom stereocenters. The van der Waals surface area contributed by atoms with Gasteiger partial charge in [-0.15, -0.1) is 11.3 Å². The molecule has 1 aromatic carbocycles. The average molecular weight is 497 g/mol. The van der Waals surface area contributed by atoms with Crippen LogP contribution in [0.3, 0.4) is 0 Å². The molecule has 3 aliphatic rings. The number of hydrogen-bond acceptors (Lipinski definition) is 8. The third kappa shape index (κ3) is 3.28. The molecule has 0 saturated carbocycles. The van der Waals surface area contributed by atoms with Gasteiger partial charge in [-0.3, -0.25) is 29.0 Å². The highest BCUT2D eigenvalue weighted by Gasteiger charge is 2.72. The van der Waals surface area contributed by atoms with E-state index in [-0.39, 0.29) is 17.6 Å². The number of rotatable bonds is 5. The fourth-order valence-electron chi connectivity index (χ4n) is 6.26. The maximum absolute atomic E-state index is 13.4. The molecular weight excluding hydrogens is 468 g/mol. The summed E-state index contributed by atoms with van der Waals surface area (Å²) < 4.78 is 11.0. The maximum Gasteiger partial charge on any atom is 0.327 e. The highest BCUT2D eigenvalue weighted by atomic mass is 32.1. The van der Waals surface area contributed by atoms with E-state index < -0.39 is 29.4 Å². The molecule has 184 valence electrons. The van der Waals surface area contributed by atoms with Crippen molar-refractivity contribution in [1.82, 2.24) is 9.80 Å². The number of likely N-dealkylation sites (tertiary alicyclic amines) is 1. The topological polar surface area (TPSA) is 93.2 Å². The number of carbonyl (C=O) groups excluding carboxylic acids is 4. The summed E-state index contributed by atoms with van der Waals surface area (Å²) in [6.07, 6.45) is 2.12. The molecule has 9 heteroatoms. The second kappa shape index (κ2) is 8.57. The minimum absolute atomic E-state index is 0.00198. The number of ether oxygens (including phenoxy) is 2. The summed E-state index contributed by atoms with van der Waals surface area (Å²) in [7, 11) is 4.41. The molecule has 0 N–H and O–H groups in total. The number of nitrogens with zero attached hydrogens (tertiary/aromatic N) is 2. The molecule has 4 atom stereocenters. The molecule has 0 bridgehead atoms. The number of hydrogen-bond donors (Lipinski definition) is 0. The third-order valence-electron chi connectivity index (χ3n) is 7.86. The van der Waals surface area contributed by atoms with E-state index in [0.29, 0.717) is 24.3 Å². The number of esters is 1. The van der Waals surface area contributed by atoms with Crippen LogP contribution in [0.25, 0.3) is 10.4 Å². The summed E-state index contributed by atoms with van der Waals surface area (Å²) in [6, 6.07) is 7.13. The lowest BCUT2D eigenvalue weighted by Crippen LogP contribution is -2.59. The van der Waals surface area contributed by atoms with E-state index in [1.807, 2.05) is 34.5 Å². The molecule has 8 nitrogen and oxygen atoms in total. The number of imide groups is 1. The first-order chi connectivity index (χ1) is 16.8. The van der Waals surface area contributed by atoms with E-state index >= 15 is 0 Å². The van der Waals surface area contributed by atoms with Gasteiger partial charge in [-0.05, 0) is 56.5 Å². The Morgan fingerprint density at radius 2 is 1.89 bits per heavy atom. The quantitative estimate of drug-likeness (QED) is 0.356. The Morgan fingerprint density at radius 1 is 1.11 bits per heavy atom. The number of benzene rings is 1. The Kier molecular flexibility index (Phi) is 5.80. The molecule has 4 heterocycles. The van der Waals surface area contributed by atoms with E-state index in [4.69, 9.17) is 9.47 Å². The SMILES string of the molecule is COC(=O)[C@@]12CCCCN1[C@H](c1ccc(-c3cc(C(C)=O)cs3)c(OC)c1)[C@H]1C(=O)N(C)C(=O)[C@H]12. The zero-order chi connectivity index (χ0) is 25.1. The van der Waals surface area contributed by atoms with Gasteiger partial charge >= 0.3 is 5.97 Å². The highest BCUT2D eigenvalue weighted by Crippen LogP contribution is 2.58. The van der Waals surface area contributed by atoms with Crippen molar-refractivity contribution >= 4 is 34.9 Å². The van der Waals surface area contributed by atoms with Crippen LogP contribution >= 0.6 is 11.3 Å². The summed E-state index contributed by atoms with van der Waals surface area (Å²) >= 11 is 1.46. The fraction of sp³-hybridized carbons (Fsp3) is 0.462. The van der Waals surface area contributed by atoms with Crippen LogP contribution in [0.15, 0.2) is 29.6 Å². The lowest BCUT2D eigenvalue weighted by molar-refractivity contribution is -0.163. The van der Waals surface area contributed by atoms with Crippen molar-refractivity contribution in [2.75, 3.05) is 27.8 Å². The van der Waals surface area contributed by atoms with E-state index in [1.165, 1.54) is 37.3 Å². The van der Waals surface area contributed by atoms with Gasteiger partial charge in [-0.2, -0.15) is 0 Å². The van der Waals surface area contributed by atoms with Crippen LogP contribution in [-0.2, 0) is 19.1 Å². The van der Waals surface area contributed by atoms with Gasteiger partial charge in [0.2, 0.25) is 11.8 Å². The molecule has 3 aliphatic heterocycles. The molecule has 0 spiro atoms. The molecular formula is C26H28N2O6S. The van der Waals surface area contributed by atoms with Gasteiger partial charge in [0, 0.05) is 34.5 Å². The largest absolute Gasteiger partial charge is 0.496 e. The number of piperidine rings is 1. The zero-order valence-corrected chi connectivity index (χ0v) is 21.0. The van der Waals surface area contributed by atoms with E-state index in [1.54, 1.807) is 7.11 Å².